The Morgan fingerprint density at radius 2 is 1.89 bits per heavy atom. The van der Waals surface area contributed by atoms with Crippen molar-refractivity contribution >= 4 is 11.8 Å². The van der Waals surface area contributed by atoms with E-state index in [1.165, 1.54) is 50.8 Å². The number of hydrogen-bond acceptors (Lipinski definition) is 2. The molecule has 1 saturated carbocycles. The minimum atomic E-state index is 0.752. The molecule has 0 aromatic carbocycles. The molecule has 3 atom stereocenters. The van der Waals surface area contributed by atoms with Crippen LogP contribution in [0.25, 0.3) is 0 Å². The minimum absolute atomic E-state index is 0.752. The lowest BCUT2D eigenvalue weighted by molar-refractivity contribution is 0.185. The minimum Gasteiger partial charge on any atom is -0.313 e. The van der Waals surface area contributed by atoms with Crippen LogP contribution in [-0.4, -0.2) is 23.6 Å². The lowest BCUT2D eigenvalue weighted by Crippen LogP contribution is -2.43. The predicted molar refractivity (Wildman–Crippen MR) is 85.4 cm³/mol. The first-order valence-corrected chi connectivity index (χ1v) is 9.08. The molecule has 0 saturated heterocycles. The third-order valence-electron chi connectivity index (χ3n) is 4.27. The molecule has 2 heteroatoms. The van der Waals surface area contributed by atoms with Crippen LogP contribution in [-0.2, 0) is 0 Å². The van der Waals surface area contributed by atoms with Gasteiger partial charge in [-0.25, -0.2) is 0 Å². The number of hydrogen-bond donors (Lipinski definition) is 1. The van der Waals surface area contributed by atoms with Crippen LogP contribution in [0.5, 0.6) is 0 Å². The van der Waals surface area contributed by atoms with E-state index in [0.29, 0.717) is 0 Å². The first-order valence-electron chi connectivity index (χ1n) is 8.04. The van der Waals surface area contributed by atoms with Gasteiger partial charge in [-0.15, -0.1) is 0 Å². The Kier molecular flexibility index (Phi) is 8.41. The Morgan fingerprint density at radius 3 is 2.50 bits per heavy atom. The van der Waals surface area contributed by atoms with Gasteiger partial charge in [0.25, 0.3) is 0 Å². The average Bonchev–Trinajstić information content (AvgIpc) is 2.38. The van der Waals surface area contributed by atoms with E-state index in [9.17, 15) is 0 Å². The van der Waals surface area contributed by atoms with E-state index in [-0.39, 0.29) is 0 Å². The van der Waals surface area contributed by atoms with Crippen LogP contribution in [0.2, 0.25) is 0 Å². The van der Waals surface area contributed by atoms with Crippen molar-refractivity contribution < 1.29 is 0 Å². The van der Waals surface area contributed by atoms with Gasteiger partial charge in [-0.2, -0.15) is 11.8 Å². The second-order valence-corrected chi connectivity index (χ2v) is 7.67. The van der Waals surface area contributed by atoms with E-state index in [4.69, 9.17) is 0 Å². The van der Waals surface area contributed by atoms with Gasteiger partial charge in [0.2, 0.25) is 0 Å². The van der Waals surface area contributed by atoms with Gasteiger partial charge in [0.05, 0.1) is 0 Å². The van der Waals surface area contributed by atoms with Crippen LogP contribution in [0.3, 0.4) is 0 Å². The summed E-state index contributed by atoms with van der Waals surface area (Å²) in [5.74, 6) is 3.21. The van der Waals surface area contributed by atoms with Gasteiger partial charge in [-0.3, -0.25) is 0 Å². The molecule has 3 unspecified atom stereocenters. The summed E-state index contributed by atoms with van der Waals surface area (Å²) in [7, 11) is 0. The molecule has 0 heterocycles. The van der Waals surface area contributed by atoms with Crippen molar-refractivity contribution in [1.82, 2.24) is 5.32 Å². The van der Waals surface area contributed by atoms with Crippen molar-refractivity contribution in [1.29, 1.82) is 0 Å². The normalized spacial score (nSPS) is 26.5. The molecule has 0 aromatic rings. The summed E-state index contributed by atoms with van der Waals surface area (Å²) < 4.78 is 0. The quantitative estimate of drug-likeness (QED) is 0.686. The molecule has 1 rings (SSSR count). The van der Waals surface area contributed by atoms with Crippen molar-refractivity contribution in [2.24, 2.45) is 11.8 Å². The summed E-state index contributed by atoms with van der Waals surface area (Å²) in [5.41, 5.74) is 0. The van der Waals surface area contributed by atoms with Crippen molar-refractivity contribution in [3.05, 3.63) is 0 Å². The van der Waals surface area contributed by atoms with Gasteiger partial charge >= 0.3 is 0 Å². The fourth-order valence-corrected chi connectivity index (χ4v) is 4.19. The van der Waals surface area contributed by atoms with Crippen molar-refractivity contribution in [3.8, 4) is 0 Å². The second kappa shape index (κ2) is 9.25. The van der Waals surface area contributed by atoms with Crippen LogP contribution in [0, 0.1) is 11.8 Å². The Hall–Kier alpha value is 0.310. The fraction of sp³-hybridized carbons (Fsp3) is 1.00. The third kappa shape index (κ3) is 5.52. The predicted octanol–water partition coefficient (Wildman–Crippen LogP) is 4.71. The van der Waals surface area contributed by atoms with E-state index in [1.807, 2.05) is 0 Å². The maximum absolute atomic E-state index is 3.84. The van der Waals surface area contributed by atoms with Crippen molar-refractivity contribution in [2.45, 2.75) is 77.5 Å². The maximum atomic E-state index is 3.84. The molecule has 0 radical (unpaired) electrons. The van der Waals surface area contributed by atoms with Crippen molar-refractivity contribution in [3.63, 3.8) is 0 Å². The van der Waals surface area contributed by atoms with Gasteiger partial charge in [-0.05, 0) is 36.5 Å². The first kappa shape index (κ1) is 16.4. The first-order chi connectivity index (χ1) is 8.69. The Balaban J connectivity index is 2.54. The van der Waals surface area contributed by atoms with Gasteiger partial charge in [0.1, 0.15) is 0 Å². The fourth-order valence-electron chi connectivity index (χ4n) is 3.23. The Morgan fingerprint density at radius 1 is 1.17 bits per heavy atom. The number of rotatable bonds is 8. The topological polar surface area (TPSA) is 12.0 Å². The second-order valence-electron chi connectivity index (χ2n) is 6.06. The molecule has 1 fully saturated rings. The third-order valence-corrected chi connectivity index (χ3v) is 5.49. The lowest BCUT2D eigenvalue weighted by atomic mass is 9.74. The number of thioether (sulfide) groups is 1. The molecule has 1 N–H and O–H groups in total. The van der Waals surface area contributed by atoms with Crippen LogP contribution < -0.4 is 5.32 Å². The molecule has 0 aromatic heterocycles. The Labute approximate surface area is 119 Å². The molecule has 1 nitrogen and oxygen atoms in total. The van der Waals surface area contributed by atoms with Gasteiger partial charge in [0.15, 0.2) is 0 Å². The zero-order chi connectivity index (χ0) is 13.4. The highest BCUT2D eigenvalue weighted by molar-refractivity contribution is 7.99. The highest BCUT2D eigenvalue weighted by Crippen LogP contribution is 2.35. The molecular weight excluding hydrogens is 238 g/mol. The summed E-state index contributed by atoms with van der Waals surface area (Å²) in [6.45, 7) is 10.5. The van der Waals surface area contributed by atoms with Crippen LogP contribution >= 0.6 is 11.8 Å². The van der Waals surface area contributed by atoms with Gasteiger partial charge < -0.3 is 5.32 Å². The van der Waals surface area contributed by atoms with E-state index in [1.54, 1.807) is 0 Å². The maximum Gasteiger partial charge on any atom is 0.0189 e. The van der Waals surface area contributed by atoms with Gasteiger partial charge in [0, 0.05) is 11.8 Å². The zero-order valence-electron chi connectivity index (χ0n) is 12.9. The highest BCUT2D eigenvalue weighted by Gasteiger charge is 2.30. The summed E-state index contributed by atoms with van der Waals surface area (Å²) in [6, 6.07) is 0.752. The Bertz CT molecular complexity index is 205. The molecule has 108 valence electrons. The molecule has 0 amide bonds. The zero-order valence-corrected chi connectivity index (χ0v) is 13.7. The molecule has 18 heavy (non-hydrogen) atoms. The highest BCUT2D eigenvalue weighted by atomic mass is 32.2. The molecule has 0 bridgehead atoms. The monoisotopic (exact) mass is 271 g/mol. The average molecular weight is 272 g/mol. The van der Waals surface area contributed by atoms with E-state index >= 15 is 0 Å². The summed E-state index contributed by atoms with van der Waals surface area (Å²) >= 11 is 2.13. The standard InChI is InChI=1S/C16H33NS/c1-5-11-17-16(12-18-13(3)4)15-10-8-7-9-14(15)6-2/h13-17H,5-12H2,1-4H3. The SMILES string of the molecule is CCCNC(CSC(C)C)C1CCCCC1CC. The van der Waals surface area contributed by atoms with Crippen molar-refractivity contribution in [2.75, 3.05) is 12.3 Å². The van der Waals surface area contributed by atoms with Gasteiger partial charge in [-0.1, -0.05) is 53.4 Å². The molecule has 0 aliphatic heterocycles. The molecule has 1 aliphatic rings. The summed E-state index contributed by atoms with van der Waals surface area (Å²) in [6.07, 6.45) is 8.48. The van der Waals surface area contributed by atoms with E-state index < -0.39 is 0 Å². The lowest BCUT2D eigenvalue weighted by Gasteiger charge is -2.37. The smallest absolute Gasteiger partial charge is 0.0189 e. The molecular formula is C16H33NS. The van der Waals surface area contributed by atoms with Crippen LogP contribution in [0.4, 0.5) is 0 Å². The largest absolute Gasteiger partial charge is 0.313 e. The summed E-state index contributed by atoms with van der Waals surface area (Å²) in [4.78, 5) is 0. The number of nitrogens with one attached hydrogen (secondary N) is 1. The van der Waals surface area contributed by atoms with Crippen LogP contribution in [0.15, 0.2) is 0 Å². The van der Waals surface area contributed by atoms with E-state index in [0.717, 1.165) is 23.1 Å². The summed E-state index contributed by atoms with van der Waals surface area (Å²) in [5, 5.41) is 4.60. The molecule has 0 spiro atoms. The van der Waals surface area contributed by atoms with Crippen LogP contribution in [0.1, 0.15) is 66.2 Å². The van der Waals surface area contributed by atoms with E-state index in [2.05, 4.69) is 44.8 Å². The molecule has 1 aliphatic carbocycles.